The summed E-state index contributed by atoms with van der Waals surface area (Å²) in [6.45, 7) is 4.24. The van der Waals surface area contributed by atoms with E-state index in [-0.39, 0.29) is 6.42 Å². The summed E-state index contributed by atoms with van der Waals surface area (Å²) in [5.41, 5.74) is -2.69. The molecule has 1 atom stereocenters. The Morgan fingerprint density at radius 1 is 1.27 bits per heavy atom. The molecule has 1 unspecified atom stereocenters. The fraction of sp³-hybridized carbons (Fsp3) is 1.00. The summed E-state index contributed by atoms with van der Waals surface area (Å²) in [6, 6.07) is 0. The van der Waals surface area contributed by atoms with Gasteiger partial charge in [0.1, 0.15) is 0 Å². The first-order chi connectivity index (χ1) is 6.44. The number of hydrogen-bond donors (Lipinski definition) is 0. The molecule has 0 aromatic carbocycles. The van der Waals surface area contributed by atoms with Gasteiger partial charge in [0.15, 0.2) is 5.60 Å². The van der Waals surface area contributed by atoms with Gasteiger partial charge >= 0.3 is 6.18 Å². The maximum atomic E-state index is 12.3. The van der Waals surface area contributed by atoms with Crippen LogP contribution in [0.15, 0.2) is 0 Å². The van der Waals surface area contributed by atoms with Gasteiger partial charge in [-0.2, -0.15) is 21.6 Å². The van der Waals surface area contributed by atoms with Crippen molar-refractivity contribution in [3.05, 3.63) is 0 Å². The van der Waals surface area contributed by atoms with Crippen molar-refractivity contribution in [2.45, 2.75) is 51.1 Å². The fourth-order valence-corrected chi connectivity index (χ4v) is 1.87. The van der Waals surface area contributed by atoms with Crippen LogP contribution in [0.5, 0.6) is 0 Å². The summed E-state index contributed by atoms with van der Waals surface area (Å²) >= 11 is 0. The third-order valence-electron chi connectivity index (χ3n) is 2.07. The summed E-state index contributed by atoms with van der Waals surface area (Å²) in [5.74, 6) is 0. The zero-order valence-electron chi connectivity index (χ0n) is 9.05. The molecule has 0 rings (SSSR count). The van der Waals surface area contributed by atoms with Gasteiger partial charge in [-0.3, -0.25) is 4.18 Å². The second kappa shape index (κ2) is 4.29. The smallest absolute Gasteiger partial charge is 0.254 e. The van der Waals surface area contributed by atoms with Gasteiger partial charge in [-0.1, -0.05) is 6.92 Å². The van der Waals surface area contributed by atoms with Gasteiger partial charge < -0.3 is 0 Å². The van der Waals surface area contributed by atoms with E-state index in [1.165, 1.54) is 6.92 Å². The van der Waals surface area contributed by atoms with Crippen LogP contribution in [0.25, 0.3) is 0 Å². The highest BCUT2D eigenvalue weighted by Gasteiger charge is 2.52. The Morgan fingerprint density at radius 3 is 1.93 bits per heavy atom. The average Bonchev–Trinajstić information content (AvgIpc) is 1.98. The number of alkyl halides is 3. The highest BCUT2D eigenvalue weighted by Crippen LogP contribution is 2.35. The largest absolute Gasteiger partial charge is 0.418 e. The van der Waals surface area contributed by atoms with Gasteiger partial charge in [-0.25, -0.2) is 0 Å². The summed E-state index contributed by atoms with van der Waals surface area (Å²) in [6.07, 6.45) is -4.51. The van der Waals surface area contributed by atoms with Crippen LogP contribution < -0.4 is 0 Å². The third-order valence-corrected chi connectivity index (χ3v) is 4.04. The van der Waals surface area contributed by atoms with Crippen molar-refractivity contribution in [1.82, 2.24) is 0 Å². The Morgan fingerprint density at radius 2 is 1.67 bits per heavy atom. The SMILES string of the molecule is CCC(C)S(=O)(=O)OC(C)(C)C(F)(F)F. The lowest BCUT2D eigenvalue weighted by atomic mass is 10.1. The molecule has 0 aromatic rings. The summed E-state index contributed by atoms with van der Waals surface area (Å²) in [7, 11) is -4.17. The molecule has 0 spiro atoms. The van der Waals surface area contributed by atoms with Crippen molar-refractivity contribution in [1.29, 1.82) is 0 Å². The molecule has 0 N–H and O–H groups in total. The molecular formula is C8H15F3O3S. The molecule has 0 radical (unpaired) electrons. The van der Waals surface area contributed by atoms with E-state index in [2.05, 4.69) is 4.18 Å². The van der Waals surface area contributed by atoms with Gasteiger partial charge in [0.05, 0.1) is 5.25 Å². The molecule has 0 aliphatic heterocycles. The normalized spacial score (nSPS) is 16.5. The molecule has 0 saturated heterocycles. The molecule has 0 aromatic heterocycles. The number of halogens is 3. The Labute approximate surface area is 87.7 Å². The van der Waals surface area contributed by atoms with Crippen molar-refractivity contribution >= 4 is 10.1 Å². The second-order valence-electron chi connectivity index (χ2n) is 3.80. The van der Waals surface area contributed by atoms with Gasteiger partial charge in [0.2, 0.25) is 0 Å². The molecule has 0 bridgehead atoms. The molecule has 15 heavy (non-hydrogen) atoms. The highest BCUT2D eigenvalue weighted by atomic mass is 32.2. The van der Waals surface area contributed by atoms with E-state index in [9.17, 15) is 21.6 Å². The zero-order valence-corrected chi connectivity index (χ0v) is 9.87. The standard InChI is InChI=1S/C8H15F3O3S/c1-5-6(2)15(12,13)14-7(3,4)8(9,10)11/h6H,5H2,1-4H3. The van der Waals surface area contributed by atoms with Gasteiger partial charge in [0, 0.05) is 0 Å². The van der Waals surface area contributed by atoms with Crippen LogP contribution >= 0.6 is 0 Å². The maximum Gasteiger partial charge on any atom is 0.418 e. The zero-order chi connectivity index (χ0) is 12.5. The highest BCUT2D eigenvalue weighted by molar-refractivity contribution is 7.87. The molecule has 0 heterocycles. The van der Waals surface area contributed by atoms with Crippen molar-refractivity contribution in [3.63, 3.8) is 0 Å². The first-order valence-electron chi connectivity index (χ1n) is 4.45. The predicted molar refractivity (Wildman–Crippen MR) is 49.9 cm³/mol. The van der Waals surface area contributed by atoms with E-state index in [0.717, 1.165) is 0 Å². The Bertz CT molecular complexity index is 306. The quantitative estimate of drug-likeness (QED) is 0.718. The van der Waals surface area contributed by atoms with Gasteiger partial charge in [-0.05, 0) is 27.2 Å². The van der Waals surface area contributed by atoms with E-state index < -0.39 is 27.1 Å². The van der Waals surface area contributed by atoms with Crippen LogP contribution in [0.1, 0.15) is 34.1 Å². The van der Waals surface area contributed by atoms with Gasteiger partial charge in [0.25, 0.3) is 10.1 Å². The molecule has 0 amide bonds. The average molecular weight is 248 g/mol. The molecule has 3 nitrogen and oxygen atoms in total. The molecule has 0 aliphatic rings. The molecule has 0 saturated carbocycles. The van der Waals surface area contributed by atoms with Crippen molar-refractivity contribution < 1.29 is 25.8 Å². The lowest BCUT2D eigenvalue weighted by Gasteiger charge is -2.28. The molecule has 7 heteroatoms. The third kappa shape index (κ3) is 3.64. The minimum atomic E-state index is -4.71. The lowest BCUT2D eigenvalue weighted by Crippen LogP contribution is -2.44. The van der Waals surface area contributed by atoms with Crippen molar-refractivity contribution in [2.24, 2.45) is 0 Å². The molecule has 92 valence electrons. The van der Waals surface area contributed by atoms with E-state index >= 15 is 0 Å². The number of hydrogen-bond acceptors (Lipinski definition) is 3. The Hall–Kier alpha value is -0.300. The van der Waals surface area contributed by atoms with Crippen LogP contribution in [0.4, 0.5) is 13.2 Å². The summed E-state index contributed by atoms with van der Waals surface area (Å²) in [5, 5.41) is -0.945. The van der Waals surface area contributed by atoms with Crippen LogP contribution in [0, 0.1) is 0 Å². The van der Waals surface area contributed by atoms with Gasteiger partial charge in [-0.15, -0.1) is 0 Å². The van der Waals surface area contributed by atoms with Crippen molar-refractivity contribution in [2.75, 3.05) is 0 Å². The minimum Gasteiger partial charge on any atom is -0.254 e. The van der Waals surface area contributed by atoms with Crippen molar-refractivity contribution in [3.8, 4) is 0 Å². The Balaban J connectivity index is 4.90. The fourth-order valence-electron chi connectivity index (χ4n) is 0.624. The predicted octanol–water partition coefficient (Wildman–Crippen LogP) is 2.47. The van der Waals surface area contributed by atoms with Crippen LogP contribution in [0.3, 0.4) is 0 Å². The maximum absolute atomic E-state index is 12.3. The Kier molecular flexibility index (Phi) is 4.20. The molecule has 0 fully saturated rings. The second-order valence-corrected chi connectivity index (χ2v) is 5.76. The first kappa shape index (κ1) is 14.7. The summed E-state index contributed by atoms with van der Waals surface area (Å²) < 4.78 is 63.8. The van der Waals surface area contributed by atoms with Crippen LogP contribution in [-0.2, 0) is 14.3 Å². The summed E-state index contributed by atoms with van der Waals surface area (Å²) in [4.78, 5) is 0. The van der Waals surface area contributed by atoms with E-state index in [1.54, 1.807) is 6.92 Å². The molecular weight excluding hydrogens is 233 g/mol. The number of rotatable bonds is 4. The van der Waals surface area contributed by atoms with E-state index in [4.69, 9.17) is 0 Å². The minimum absolute atomic E-state index is 0.205. The topological polar surface area (TPSA) is 43.4 Å². The van der Waals surface area contributed by atoms with Crippen LogP contribution in [0.2, 0.25) is 0 Å². The molecule has 0 aliphatic carbocycles. The van der Waals surface area contributed by atoms with Crippen LogP contribution in [-0.4, -0.2) is 25.4 Å². The lowest BCUT2D eigenvalue weighted by molar-refractivity contribution is -0.233. The monoisotopic (exact) mass is 248 g/mol. The first-order valence-corrected chi connectivity index (χ1v) is 5.92. The van der Waals surface area contributed by atoms with E-state index in [1.807, 2.05) is 0 Å². The van der Waals surface area contributed by atoms with E-state index in [0.29, 0.717) is 13.8 Å².